The van der Waals surface area contributed by atoms with Gasteiger partial charge in [0.2, 0.25) is 0 Å². The smallest absolute Gasteiger partial charge is 0.399 e. The summed E-state index contributed by atoms with van der Waals surface area (Å²) in [6.07, 6.45) is -4.91. The molecule has 1 N–H and O–H groups in total. The first kappa shape index (κ1) is 16.8. The van der Waals surface area contributed by atoms with E-state index in [9.17, 15) is 18.0 Å². The van der Waals surface area contributed by atoms with Crippen LogP contribution in [0.1, 0.15) is 27.7 Å². The Morgan fingerprint density at radius 2 is 1.50 bits per heavy atom. The van der Waals surface area contributed by atoms with E-state index >= 15 is 0 Å². The Morgan fingerprint density at radius 3 is 1.91 bits per heavy atom. The Labute approximate surface area is 127 Å². The summed E-state index contributed by atoms with van der Waals surface area (Å²) in [6.45, 7) is 7.63. The van der Waals surface area contributed by atoms with Crippen molar-refractivity contribution >= 4 is 24.2 Å². The second kappa shape index (κ2) is 5.28. The quantitative estimate of drug-likeness (QED) is 0.853. The average Bonchev–Trinajstić information content (AvgIpc) is 2.58. The van der Waals surface area contributed by atoms with E-state index in [0.717, 1.165) is 0 Å². The summed E-state index contributed by atoms with van der Waals surface area (Å²) < 4.78 is 48.2. The maximum Gasteiger partial charge on any atom is 0.494 e. The van der Waals surface area contributed by atoms with Gasteiger partial charge >= 0.3 is 19.2 Å². The van der Waals surface area contributed by atoms with Gasteiger partial charge in [-0.05, 0) is 45.3 Å². The van der Waals surface area contributed by atoms with Crippen molar-refractivity contribution in [2.75, 3.05) is 5.32 Å². The van der Waals surface area contributed by atoms with E-state index < -0.39 is 30.4 Å². The van der Waals surface area contributed by atoms with Gasteiger partial charge in [-0.15, -0.1) is 0 Å². The number of hydrogen-bond donors (Lipinski definition) is 1. The third-order valence-corrected chi connectivity index (χ3v) is 3.95. The van der Waals surface area contributed by atoms with Gasteiger partial charge in [-0.3, -0.25) is 4.79 Å². The van der Waals surface area contributed by atoms with Gasteiger partial charge < -0.3 is 14.6 Å². The minimum absolute atomic E-state index is 0.0580. The van der Waals surface area contributed by atoms with Crippen LogP contribution in [0.25, 0.3) is 0 Å². The lowest BCUT2D eigenvalue weighted by Crippen LogP contribution is -2.41. The summed E-state index contributed by atoms with van der Waals surface area (Å²) in [5, 5.41) is 1.79. The molecule has 0 aliphatic carbocycles. The Hall–Kier alpha value is -1.54. The summed E-state index contributed by atoms with van der Waals surface area (Å²) in [5.74, 6) is -2.00. The van der Waals surface area contributed by atoms with Crippen LogP contribution in [0.15, 0.2) is 24.3 Å². The lowest BCUT2D eigenvalue weighted by molar-refractivity contribution is -0.167. The molecule has 4 nitrogen and oxygen atoms in total. The zero-order valence-corrected chi connectivity index (χ0v) is 12.7. The molecular weight excluding hydrogens is 298 g/mol. The molecule has 1 heterocycles. The van der Waals surface area contributed by atoms with Crippen LogP contribution in [0.4, 0.5) is 18.9 Å². The van der Waals surface area contributed by atoms with Gasteiger partial charge in [-0.2, -0.15) is 13.2 Å². The van der Waals surface area contributed by atoms with Crippen molar-refractivity contribution in [2.45, 2.75) is 45.1 Å². The van der Waals surface area contributed by atoms with Gasteiger partial charge in [0.15, 0.2) is 0 Å². The van der Waals surface area contributed by atoms with Gasteiger partial charge in [0, 0.05) is 5.69 Å². The number of amides is 1. The standard InChI is InChI=1S/C14H17BF3NO3/c1-12(2)13(3,4)22-15(21-12)9-5-7-10(8-6-9)19-11(20)14(16,17)18/h5-8H,1-4H3,(H,19,20). The summed E-state index contributed by atoms with van der Waals surface area (Å²) in [6, 6.07) is 5.89. The Kier molecular flexibility index (Phi) is 4.04. The molecule has 1 fully saturated rings. The predicted molar refractivity (Wildman–Crippen MR) is 76.8 cm³/mol. The Morgan fingerprint density at radius 1 is 1.05 bits per heavy atom. The molecule has 22 heavy (non-hydrogen) atoms. The molecule has 1 aromatic rings. The number of carbonyl (C=O) groups is 1. The molecule has 120 valence electrons. The number of anilines is 1. The number of halogens is 3. The molecule has 1 amide bonds. The first-order chi connectivity index (χ1) is 9.92. The maximum absolute atomic E-state index is 12.2. The fourth-order valence-corrected chi connectivity index (χ4v) is 1.90. The van der Waals surface area contributed by atoms with Crippen molar-refractivity contribution in [1.29, 1.82) is 0 Å². The molecule has 0 radical (unpaired) electrons. The lowest BCUT2D eigenvalue weighted by atomic mass is 9.79. The van der Waals surface area contributed by atoms with Crippen molar-refractivity contribution in [3.8, 4) is 0 Å². The van der Waals surface area contributed by atoms with Crippen molar-refractivity contribution in [1.82, 2.24) is 0 Å². The topological polar surface area (TPSA) is 47.6 Å². The summed E-state index contributed by atoms with van der Waals surface area (Å²) in [5.41, 5.74) is -0.270. The molecule has 0 saturated carbocycles. The highest BCUT2D eigenvalue weighted by Crippen LogP contribution is 2.36. The minimum Gasteiger partial charge on any atom is -0.399 e. The number of alkyl halides is 3. The molecule has 0 aromatic heterocycles. The zero-order valence-electron chi connectivity index (χ0n) is 12.7. The highest BCUT2D eigenvalue weighted by atomic mass is 19.4. The van der Waals surface area contributed by atoms with Gasteiger partial charge in [-0.25, -0.2) is 0 Å². The van der Waals surface area contributed by atoms with E-state index in [1.807, 2.05) is 27.7 Å². The van der Waals surface area contributed by atoms with E-state index in [1.165, 1.54) is 12.1 Å². The Balaban J connectivity index is 2.09. The fraction of sp³-hybridized carbons (Fsp3) is 0.500. The molecule has 2 rings (SSSR count). The summed E-state index contributed by atoms with van der Waals surface area (Å²) >= 11 is 0. The monoisotopic (exact) mass is 315 g/mol. The first-order valence-electron chi connectivity index (χ1n) is 6.76. The van der Waals surface area contributed by atoms with E-state index in [0.29, 0.717) is 5.46 Å². The van der Waals surface area contributed by atoms with Crippen molar-refractivity contribution in [3.05, 3.63) is 24.3 Å². The zero-order chi connectivity index (χ0) is 16.8. The minimum atomic E-state index is -4.91. The van der Waals surface area contributed by atoms with Crippen molar-refractivity contribution in [2.24, 2.45) is 0 Å². The van der Waals surface area contributed by atoms with Crippen LogP contribution >= 0.6 is 0 Å². The number of carbonyl (C=O) groups excluding carboxylic acids is 1. The van der Waals surface area contributed by atoms with Crippen LogP contribution in [0, 0.1) is 0 Å². The molecule has 0 bridgehead atoms. The van der Waals surface area contributed by atoms with Gasteiger partial charge in [0.05, 0.1) is 11.2 Å². The first-order valence-corrected chi connectivity index (χ1v) is 6.76. The third kappa shape index (κ3) is 3.28. The highest BCUT2D eigenvalue weighted by Gasteiger charge is 2.51. The molecule has 1 aliphatic heterocycles. The van der Waals surface area contributed by atoms with Crippen LogP contribution in [-0.2, 0) is 14.1 Å². The normalized spacial score (nSPS) is 20.0. The van der Waals surface area contributed by atoms with Gasteiger partial charge in [-0.1, -0.05) is 12.1 Å². The SMILES string of the molecule is CC1(C)OB(c2ccc(NC(=O)C(F)(F)F)cc2)OC1(C)C. The molecule has 0 unspecified atom stereocenters. The number of benzene rings is 1. The summed E-state index contributed by atoms with van der Waals surface area (Å²) in [7, 11) is -0.600. The molecule has 0 atom stereocenters. The second-order valence-electron chi connectivity index (χ2n) is 6.16. The van der Waals surface area contributed by atoms with Crippen molar-refractivity contribution < 1.29 is 27.3 Å². The highest BCUT2D eigenvalue weighted by molar-refractivity contribution is 6.62. The predicted octanol–water partition coefficient (Wildman–Crippen LogP) is 2.49. The Bertz CT molecular complexity index is 554. The van der Waals surface area contributed by atoms with Gasteiger partial charge in [0.25, 0.3) is 0 Å². The number of nitrogens with one attached hydrogen (secondary N) is 1. The molecule has 1 saturated heterocycles. The van der Waals surface area contributed by atoms with E-state index in [2.05, 4.69) is 0 Å². The largest absolute Gasteiger partial charge is 0.494 e. The maximum atomic E-state index is 12.2. The van der Waals surface area contributed by atoms with E-state index in [-0.39, 0.29) is 5.69 Å². The third-order valence-electron chi connectivity index (χ3n) is 3.95. The van der Waals surface area contributed by atoms with Crippen LogP contribution in [-0.4, -0.2) is 30.4 Å². The average molecular weight is 315 g/mol. The molecule has 1 aromatic carbocycles. The van der Waals surface area contributed by atoms with E-state index in [1.54, 1.807) is 17.4 Å². The number of rotatable bonds is 2. The van der Waals surface area contributed by atoms with Crippen LogP contribution in [0.3, 0.4) is 0 Å². The number of hydrogen-bond acceptors (Lipinski definition) is 3. The lowest BCUT2D eigenvalue weighted by Gasteiger charge is -2.32. The van der Waals surface area contributed by atoms with E-state index in [4.69, 9.17) is 9.31 Å². The molecular formula is C14H17BF3NO3. The van der Waals surface area contributed by atoms with Crippen molar-refractivity contribution in [3.63, 3.8) is 0 Å². The second-order valence-corrected chi connectivity index (χ2v) is 6.16. The molecule has 8 heteroatoms. The van der Waals surface area contributed by atoms with Gasteiger partial charge in [0.1, 0.15) is 0 Å². The summed E-state index contributed by atoms with van der Waals surface area (Å²) in [4.78, 5) is 10.9. The molecule has 0 spiro atoms. The van der Waals surface area contributed by atoms with Crippen LogP contribution in [0.2, 0.25) is 0 Å². The molecule has 1 aliphatic rings. The van der Waals surface area contributed by atoms with Crippen LogP contribution < -0.4 is 10.8 Å². The fourth-order valence-electron chi connectivity index (χ4n) is 1.90. The van der Waals surface area contributed by atoms with Crippen LogP contribution in [0.5, 0.6) is 0 Å².